The number of aryl methyl sites for hydroxylation is 1. The molecule has 0 unspecified atom stereocenters. The molecule has 0 radical (unpaired) electrons. The van der Waals surface area contributed by atoms with Crippen molar-refractivity contribution >= 4 is 26.6 Å². The number of ether oxygens (including phenoxy) is 1. The Balaban J connectivity index is 1.47. The first kappa shape index (κ1) is 27.0. The summed E-state index contributed by atoms with van der Waals surface area (Å²) in [7, 11) is -3.22. The number of alkyl halides is 1. The van der Waals surface area contributed by atoms with Gasteiger partial charge in [-0.3, -0.25) is 0 Å². The monoisotopic (exact) mass is 549 g/mol. The Labute approximate surface area is 228 Å². The molecule has 10 heteroatoms. The van der Waals surface area contributed by atoms with E-state index in [1.54, 1.807) is 18.5 Å². The van der Waals surface area contributed by atoms with E-state index in [0.29, 0.717) is 54.8 Å². The number of sulfone groups is 1. The molecule has 0 bridgehead atoms. The first-order valence-electron chi connectivity index (χ1n) is 13.1. The quantitative estimate of drug-likeness (QED) is 0.292. The van der Waals surface area contributed by atoms with E-state index < -0.39 is 16.0 Å². The zero-order valence-electron chi connectivity index (χ0n) is 22.0. The van der Waals surface area contributed by atoms with Crippen LogP contribution in [0.25, 0.3) is 22.0 Å². The van der Waals surface area contributed by atoms with Gasteiger partial charge in [0.1, 0.15) is 11.9 Å². The first-order chi connectivity index (χ1) is 18.8. The topological polar surface area (TPSA) is 106 Å². The Morgan fingerprint density at radius 3 is 2.74 bits per heavy atom. The van der Waals surface area contributed by atoms with E-state index in [4.69, 9.17) is 4.74 Å². The highest BCUT2D eigenvalue weighted by Crippen LogP contribution is 2.37. The average Bonchev–Trinajstić information content (AvgIpc) is 2.91. The van der Waals surface area contributed by atoms with Gasteiger partial charge in [0.2, 0.25) is 11.8 Å². The molecule has 0 aliphatic carbocycles. The SMILES string of the molecule is CCCS(=O)(=O)Cc1cccc2c(Oc3ncccc3-c3ccnc(N[C@@H]4CNC[C@@H](F)C4)n3)c(C)ccc12. The second-order valence-corrected chi connectivity index (χ2v) is 12.1. The van der Waals surface area contributed by atoms with Crippen LogP contribution in [0.5, 0.6) is 11.6 Å². The summed E-state index contributed by atoms with van der Waals surface area (Å²) >= 11 is 0. The van der Waals surface area contributed by atoms with Crippen molar-refractivity contribution in [1.82, 2.24) is 20.3 Å². The number of nitrogens with one attached hydrogen (secondary N) is 2. The molecule has 2 atom stereocenters. The highest BCUT2D eigenvalue weighted by atomic mass is 32.2. The van der Waals surface area contributed by atoms with Crippen LogP contribution in [0.4, 0.5) is 10.3 Å². The first-order valence-corrected chi connectivity index (χ1v) is 14.9. The Bertz CT molecular complexity index is 1580. The van der Waals surface area contributed by atoms with Crippen molar-refractivity contribution < 1.29 is 17.5 Å². The number of benzene rings is 2. The number of aromatic nitrogens is 3. The van der Waals surface area contributed by atoms with E-state index in [2.05, 4.69) is 25.6 Å². The summed E-state index contributed by atoms with van der Waals surface area (Å²) in [6.45, 7) is 4.81. The van der Waals surface area contributed by atoms with Gasteiger partial charge >= 0.3 is 0 Å². The summed E-state index contributed by atoms with van der Waals surface area (Å²) in [5.41, 5.74) is 2.92. The minimum absolute atomic E-state index is 0.0219. The zero-order valence-corrected chi connectivity index (χ0v) is 22.8. The number of pyridine rings is 1. The maximum atomic E-state index is 13.8. The molecular formula is C29H32FN5O3S. The van der Waals surface area contributed by atoms with Gasteiger partial charge < -0.3 is 15.4 Å². The third-order valence-corrected chi connectivity index (χ3v) is 8.50. The number of halogens is 1. The number of rotatable bonds is 9. The Hall–Kier alpha value is -3.63. The van der Waals surface area contributed by atoms with Crippen LogP contribution in [0.15, 0.2) is 60.9 Å². The molecule has 1 aliphatic heterocycles. The van der Waals surface area contributed by atoms with Crippen LogP contribution >= 0.6 is 0 Å². The van der Waals surface area contributed by atoms with Crippen LogP contribution < -0.4 is 15.4 Å². The Morgan fingerprint density at radius 2 is 1.92 bits per heavy atom. The molecule has 0 amide bonds. The summed E-state index contributed by atoms with van der Waals surface area (Å²) in [4.78, 5) is 13.5. The molecule has 5 rings (SSSR count). The standard InChI is InChI=1S/C29H32FN5O3S/c1-3-14-39(36,37)18-20-6-4-7-24-23(20)10-9-19(2)27(24)38-28-25(8-5-12-32-28)26-11-13-33-29(35-26)34-22-15-21(30)16-31-17-22/h4-13,21-22,31H,3,14-18H2,1-2H3,(H,33,34,35)/t21-,22-/m0/s1. The van der Waals surface area contributed by atoms with Gasteiger partial charge in [-0.05, 0) is 48.1 Å². The maximum Gasteiger partial charge on any atom is 0.228 e. The lowest BCUT2D eigenvalue weighted by molar-refractivity contribution is 0.254. The van der Waals surface area contributed by atoms with Crippen molar-refractivity contribution in [3.8, 4) is 22.9 Å². The fourth-order valence-electron chi connectivity index (χ4n) is 4.91. The van der Waals surface area contributed by atoms with Gasteiger partial charge in [-0.1, -0.05) is 37.3 Å². The molecule has 0 spiro atoms. The molecule has 2 aromatic heterocycles. The number of hydrogen-bond acceptors (Lipinski definition) is 8. The smallest absolute Gasteiger partial charge is 0.228 e. The zero-order chi connectivity index (χ0) is 27.4. The minimum Gasteiger partial charge on any atom is -0.437 e. The van der Waals surface area contributed by atoms with Crippen LogP contribution in [-0.2, 0) is 15.6 Å². The molecular weight excluding hydrogens is 517 g/mol. The highest BCUT2D eigenvalue weighted by Gasteiger charge is 2.22. The summed E-state index contributed by atoms with van der Waals surface area (Å²) in [6.07, 6.45) is 3.36. The fourth-order valence-corrected chi connectivity index (χ4v) is 6.40. The van der Waals surface area contributed by atoms with Crippen molar-refractivity contribution in [2.75, 3.05) is 24.2 Å². The Morgan fingerprint density at radius 1 is 1.05 bits per heavy atom. The second-order valence-electron chi connectivity index (χ2n) is 9.87. The molecule has 4 aromatic rings. The van der Waals surface area contributed by atoms with Crippen molar-refractivity contribution in [2.24, 2.45) is 0 Å². The van der Waals surface area contributed by atoms with Gasteiger partial charge in [-0.2, -0.15) is 0 Å². The van der Waals surface area contributed by atoms with Gasteiger partial charge in [-0.15, -0.1) is 0 Å². The van der Waals surface area contributed by atoms with Crippen LogP contribution in [0.3, 0.4) is 0 Å². The molecule has 2 aromatic carbocycles. The van der Waals surface area contributed by atoms with E-state index in [1.165, 1.54) is 0 Å². The number of hydrogen-bond donors (Lipinski definition) is 2. The molecule has 1 saturated heterocycles. The summed E-state index contributed by atoms with van der Waals surface area (Å²) in [5, 5.41) is 7.94. The lowest BCUT2D eigenvalue weighted by Gasteiger charge is -2.26. The Kier molecular flexibility index (Phi) is 8.04. The lowest BCUT2D eigenvalue weighted by atomic mass is 10.0. The normalized spacial score (nSPS) is 17.7. The molecule has 1 aliphatic rings. The lowest BCUT2D eigenvalue weighted by Crippen LogP contribution is -2.44. The molecule has 39 heavy (non-hydrogen) atoms. The third-order valence-electron chi connectivity index (χ3n) is 6.72. The van der Waals surface area contributed by atoms with E-state index in [9.17, 15) is 12.8 Å². The van der Waals surface area contributed by atoms with Crippen LogP contribution in [0, 0.1) is 6.92 Å². The van der Waals surface area contributed by atoms with Crippen LogP contribution in [0.1, 0.15) is 30.9 Å². The van der Waals surface area contributed by atoms with Gasteiger partial charge in [-0.25, -0.2) is 27.8 Å². The predicted molar refractivity (Wildman–Crippen MR) is 152 cm³/mol. The fraction of sp³-hybridized carbons (Fsp3) is 0.345. The van der Waals surface area contributed by atoms with Crippen LogP contribution in [0.2, 0.25) is 0 Å². The van der Waals surface area contributed by atoms with Gasteiger partial charge in [0.05, 0.1) is 22.8 Å². The van der Waals surface area contributed by atoms with E-state index in [0.717, 1.165) is 21.9 Å². The third kappa shape index (κ3) is 6.34. The molecule has 1 fully saturated rings. The van der Waals surface area contributed by atoms with Gasteiger partial charge in [0.25, 0.3) is 0 Å². The predicted octanol–water partition coefficient (Wildman–Crippen LogP) is 5.23. The van der Waals surface area contributed by atoms with E-state index in [-0.39, 0.29) is 17.5 Å². The number of anilines is 1. The number of nitrogens with zero attached hydrogens (tertiary/aromatic N) is 3. The molecule has 8 nitrogen and oxygen atoms in total. The average molecular weight is 550 g/mol. The van der Waals surface area contributed by atoms with Crippen LogP contribution in [-0.4, -0.2) is 54.4 Å². The van der Waals surface area contributed by atoms with E-state index >= 15 is 0 Å². The highest BCUT2D eigenvalue weighted by molar-refractivity contribution is 7.90. The minimum atomic E-state index is -3.22. The molecule has 2 N–H and O–H groups in total. The second kappa shape index (κ2) is 11.6. The summed E-state index contributed by atoms with van der Waals surface area (Å²) < 4.78 is 45.4. The van der Waals surface area contributed by atoms with Crippen molar-refractivity contribution in [3.05, 3.63) is 72.1 Å². The number of piperidine rings is 1. The van der Waals surface area contributed by atoms with E-state index in [1.807, 2.05) is 56.3 Å². The van der Waals surface area contributed by atoms with Crippen molar-refractivity contribution in [1.29, 1.82) is 0 Å². The molecule has 204 valence electrons. The maximum absolute atomic E-state index is 13.8. The number of fused-ring (bicyclic) bond motifs is 1. The largest absolute Gasteiger partial charge is 0.437 e. The van der Waals surface area contributed by atoms with Crippen molar-refractivity contribution in [3.63, 3.8) is 0 Å². The van der Waals surface area contributed by atoms with Gasteiger partial charge in [0.15, 0.2) is 9.84 Å². The van der Waals surface area contributed by atoms with Gasteiger partial charge in [0, 0.05) is 43.3 Å². The molecule has 3 heterocycles. The molecule has 0 saturated carbocycles. The van der Waals surface area contributed by atoms with Crippen molar-refractivity contribution in [2.45, 2.75) is 44.7 Å². The summed E-state index contributed by atoms with van der Waals surface area (Å²) in [6, 6.07) is 14.9. The summed E-state index contributed by atoms with van der Waals surface area (Å²) in [5.74, 6) is 1.51.